The number of fused-ring (bicyclic) bond motifs is 1. The number of nitrogen functional groups attached to an aromatic ring is 2. The maximum Gasteiger partial charge on any atom is 0.270 e. The number of non-ortho nitro benzene ring substituents is 1. The quantitative estimate of drug-likeness (QED) is 0.0752. The van der Waals surface area contributed by atoms with Crippen LogP contribution in [0.5, 0.6) is 0 Å². The number of azo groups is 1. The lowest BCUT2D eigenvalue weighted by Crippen LogP contribution is -2.09. The molecule has 4 N–H and O–H groups in total. The number of anilines is 5. The van der Waals surface area contributed by atoms with Gasteiger partial charge in [0.05, 0.1) is 20.8 Å². The fourth-order valence-electron chi connectivity index (χ4n) is 4.78. The van der Waals surface area contributed by atoms with Gasteiger partial charge in [0.15, 0.2) is 0 Å². The molecule has 0 saturated heterocycles. The summed E-state index contributed by atoms with van der Waals surface area (Å²) in [4.78, 5) is 17.2. The van der Waals surface area contributed by atoms with Crippen molar-refractivity contribution >= 4 is 66.5 Å². The third-order valence-electron chi connectivity index (χ3n) is 6.99. The molecule has 43 heavy (non-hydrogen) atoms. The van der Waals surface area contributed by atoms with E-state index in [0.29, 0.717) is 21.0 Å². The number of nitrogens with two attached hydrogens (primary N) is 2. The molecular formula is C33H27N7O2S. The summed E-state index contributed by atoms with van der Waals surface area (Å²) < 4.78 is 0.692. The summed E-state index contributed by atoms with van der Waals surface area (Å²) in [7, 11) is 0. The van der Waals surface area contributed by atoms with Crippen molar-refractivity contribution in [3.8, 4) is 0 Å². The van der Waals surface area contributed by atoms with Gasteiger partial charge in [0.2, 0.25) is 5.13 Å². The van der Waals surface area contributed by atoms with Gasteiger partial charge in [0.1, 0.15) is 0 Å². The number of benzene rings is 5. The maximum absolute atomic E-state index is 11.1. The van der Waals surface area contributed by atoms with Gasteiger partial charge in [-0.2, -0.15) is 0 Å². The topological polar surface area (TPSA) is 136 Å². The van der Waals surface area contributed by atoms with Crippen LogP contribution in [0.2, 0.25) is 0 Å². The summed E-state index contributed by atoms with van der Waals surface area (Å²) in [6.07, 6.45) is 1.66. The lowest BCUT2D eigenvalue weighted by Gasteiger charge is -2.25. The minimum atomic E-state index is -0.422. The number of rotatable bonds is 9. The summed E-state index contributed by atoms with van der Waals surface area (Å²) in [6.45, 7) is 0. The number of hydrogen-bond acceptors (Lipinski definition) is 9. The van der Waals surface area contributed by atoms with Gasteiger partial charge in [-0.1, -0.05) is 41.7 Å². The zero-order valence-electron chi connectivity index (χ0n) is 23.0. The fraction of sp³-hybridized carbons (Fsp3) is 0.0606. The Kier molecular flexibility index (Phi) is 7.75. The largest absolute Gasteiger partial charge is 0.399 e. The first kappa shape index (κ1) is 27.6. The molecule has 0 aliphatic heterocycles. The first-order valence-corrected chi connectivity index (χ1v) is 14.4. The third kappa shape index (κ3) is 6.34. The van der Waals surface area contributed by atoms with Gasteiger partial charge in [0, 0.05) is 40.6 Å². The molecule has 0 fully saturated rings. The molecule has 1 aromatic heterocycles. The van der Waals surface area contributed by atoms with Crippen molar-refractivity contribution in [2.24, 2.45) is 10.2 Å². The van der Waals surface area contributed by atoms with E-state index in [1.807, 2.05) is 60.7 Å². The van der Waals surface area contributed by atoms with Crippen molar-refractivity contribution in [1.29, 1.82) is 0 Å². The first-order valence-electron chi connectivity index (χ1n) is 13.6. The fourth-order valence-corrected chi connectivity index (χ4v) is 5.60. The monoisotopic (exact) mass is 585 g/mol. The summed E-state index contributed by atoms with van der Waals surface area (Å²) in [5.41, 5.74) is 20.2. The Morgan fingerprint density at radius 3 is 2.19 bits per heavy atom. The molecule has 0 unspecified atom stereocenters. The molecule has 0 bridgehead atoms. The predicted molar refractivity (Wildman–Crippen MR) is 174 cm³/mol. The van der Waals surface area contributed by atoms with Gasteiger partial charge in [0.25, 0.3) is 5.69 Å². The van der Waals surface area contributed by atoms with Crippen molar-refractivity contribution in [3.63, 3.8) is 0 Å². The average molecular weight is 586 g/mol. The SMILES string of the molecule is Nc1ccc(N)c(CCc2ccc(N(c3ccccc3)c3ccc(N=Nc4nc5ccc([N+](=O)[O-])cc5s4)cc3)cc2)c1. The molecule has 0 saturated carbocycles. The molecular weight excluding hydrogens is 558 g/mol. The van der Waals surface area contributed by atoms with Crippen LogP contribution in [0.25, 0.3) is 10.2 Å². The van der Waals surface area contributed by atoms with Gasteiger partial charge >= 0.3 is 0 Å². The van der Waals surface area contributed by atoms with Crippen LogP contribution >= 0.6 is 11.3 Å². The molecule has 0 radical (unpaired) electrons. The third-order valence-corrected chi connectivity index (χ3v) is 7.89. The summed E-state index contributed by atoms with van der Waals surface area (Å²) >= 11 is 1.26. The molecule has 10 heteroatoms. The highest BCUT2D eigenvalue weighted by Gasteiger charge is 2.13. The number of aryl methyl sites for hydroxylation is 2. The van der Waals surface area contributed by atoms with Gasteiger partial charge in [-0.3, -0.25) is 10.1 Å². The van der Waals surface area contributed by atoms with Gasteiger partial charge in [-0.25, -0.2) is 4.98 Å². The predicted octanol–water partition coefficient (Wildman–Crippen LogP) is 9.04. The normalized spacial score (nSPS) is 11.3. The van der Waals surface area contributed by atoms with Crippen molar-refractivity contribution in [2.75, 3.05) is 16.4 Å². The lowest BCUT2D eigenvalue weighted by molar-refractivity contribution is -0.384. The number of hydrogen-bond donors (Lipinski definition) is 2. The van der Waals surface area contributed by atoms with Crippen LogP contribution in [0, 0.1) is 10.1 Å². The van der Waals surface area contributed by atoms with Crippen molar-refractivity contribution in [1.82, 2.24) is 4.98 Å². The molecule has 0 aliphatic carbocycles. The molecule has 5 aromatic carbocycles. The van der Waals surface area contributed by atoms with Crippen LogP contribution in [0.3, 0.4) is 0 Å². The van der Waals surface area contributed by atoms with E-state index in [2.05, 4.69) is 56.5 Å². The zero-order chi connectivity index (χ0) is 29.8. The number of nitro groups is 1. The summed E-state index contributed by atoms with van der Waals surface area (Å²) in [5, 5.41) is 20.1. The van der Waals surface area contributed by atoms with E-state index in [0.717, 1.165) is 46.8 Å². The van der Waals surface area contributed by atoms with E-state index in [4.69, 9.17) is 11.5 Å². The average Bonchev–Trinajstić information content (AvgIpc) is 3.45. The number of para-hydroxylation sites is 1. The number of nitrogens with zero attached hydrogens (tertiary/aromatic N) is 5. The molecule has 212 valence electrons. The standard InChI is InChI=1S/C33H27N7O2S/c34-24-10-18-30(35)23(20-24)9-6-22-7-13-27(14-8-22)39(26-4-2-1-3-5-26)28-15-11-25(12-16-28)37-38-33-36-31-19-17-29(40(41)42)21-32(31)43-33/h1-5,7-8,10-21H,6,9,34-35H2. The second kappa shape index (κ2) is 12.1. The minimum Gasteiger partial charge on any atom is -0.399 e. The Bertz CT molecular complexity index is 1920. The number of aromatic nitrogens is 1. The molecule has 1 heterocycles. The second-order valence-corrected chi connectivity index (χ2v) is 10.9. The van der Waals surface area contributed by atoms with Crippen molar-refractivity contribution in [3.05, 3.63) is 137 Å². The minimum absolute atomic E-state index is 0.0239. The van der Waals surface area contributed by atoms with Crippen LogP contribution < -0.4 is 16.4 Å². The van der Waals surface area contributed by atoms with E-state index in [1.54, 1.807) is 6.07 Å². The van der Waals surface area contributed by atoms with Crippen molar-refractivity contribution in [2.45, 2.75) is 12.8 Å². The van der Waals surface area contributed by atoms with Crippen molar-refractivity contribution < 1.29 is 4.92 Å². The van der Waals surface area contributed by atoms with E-state index in [1.165, 1.54) is 29.0 Å². The van der Waals surface area contributed by atoms with Crippen LogP contribution in [0.4, 0.5) is 44.9 Å². The van der Waals surface area contributed by atoms with E-state index < -0.39 is 4.92 Å². The molecule has 6 rings (SSSR count). The molecule has 6 aromatic rings. The maximum atomic E-state index is 11.1. The van der Waals surface area contributed by atoms with Gasteiger partial charge in [-0.15, -0.1) is 10.2 Å². The highest BCUT2D eigenvalue weighted by molar-refractivity contribution is 7.21. The number of nitro benzene ring substituents is 1. The summed E-state index contributed by atoms with van der Waals surface area (Å²) in [6, 6.07) is 36.7. The molecule has 0 spiro atoms. The molecule has 0 aliphatic rings. The first-order chi connectivity index (χ1) is 20.9. The second-order valence-electron chi connectivity index (χ2n) is 9.92. The molecule has 9 nitrogen and oxygen atoms in total. The Labute approximate surface area is 251 Å². The van der Waals surface area contributed by atoms with Gasteiger partial charge in [-0.05, 0) is 96.8 Å². The van der Waals surface area contributed by atoms with Crippen LogP contribution in [0.15, 0.2) is 125 Å². The Morgan fingerprint density at radius 1 is 0.767 bits per heavy atom. The Morgan fingerprint density at radius 2 is 1.47 bits per heavy atom. The van der Waals surface area contributed by atoms with Gasteiger partial charge < -0.3 is 16.4 Å². The lowest BCUT2D eigenvalue weighted by atomic mass is 10.0. The van der Waals surface area contributed by atoms with Crippen LogP contribution in [-0.4, -0.2) is 9.91 Å². The van der Waals surface area contributed by atoms with Crippen LogP contribution in [-0.2, 0) is 12.8 Å². The Balaban J connectivity index is 1.21. The smallest absolute Gasteiger partial charge is 0.270 e. The molecule has 0 atom stereocenters. The summed E-state index contributed by atoms with van der Waals surface area (Å²) in [5.74, 6) is 0. The van der Waals surface area contributed by atoms with E-state index >= 15 is 0 Å². The number of thiazole rings is 1. The highest BCUT2D eigenvalue weighted by Crippen LogP contribution is 2.36. The van der Waals surface area contributed by atoms with E-state index in [-0.39, 0.29) is 5.69 Å². The zero-order valence-corrected chi connectivity index (χ0v) is 23.8. The van der Waals surface area contributed by atoms with Crippen LogP contribution in [0.1, 0.15) is 11.1 Å². The Hall–Kier alpha value is -5.61. The van der Waals surface area contributed by atoms with E-state index in [9.17, 15) is 10.1 Å². The molecule has 0 amide bonds. The highest BCUT2D eigenvalue weighted by atomic mass is 32.1.